The maximum Gasteiger partial charge on any atom is 0.305 e. The van der Waals surface area contributed by atoms with Crippen LogP contribution in [0.15, 0.2) is 48.7 Å². The van der Waals surface area contributed by atoms with Crippen molar-refractivity contribution in [2.75, 3.05) is 0 Å². The van der Waals surface area contributed by atoms with E-state index in [2.05, 4.69) is 11.1 Å². The summed E-state index contributed by atoms with van der Waals surface area (Å²) in [4.78, 5) is 20.6. The summed E-state index contributed by atoms with van der Waals surface area (Å²) in [6.07, 6.45) is 4.97. The van der Waals surface area contributed by atoms with E-state index in [0.717, 1.165) is 64.2 Å². The van der Waals surface area contributed by atoms with Crippen molar-refractivity contribution in [3.05, 3.63) is 76.9 Å². The fourth-order valence-electron chi connectivity index (χ4n) is 4.81. The van der Waals surface area contributed by atoms with Crippen LogP contribution >= 0.6 is 0 Å². The van der Waals surface area contributed by atoms with Crippen LogP contribution in [0, 0.1) is 5.82 Å². The number of carboxylic acid groups (broad SMARTS) is 1. The Hall–Kier alpha value is -3.42. The number of nitrogens with zero attached hydrogens (tertiary/aromatic N) is 2. The molecule has 0 amide bonds. The number of pyridine rings is 2. The highest BCUT2D eigenvalue weighted by Crippen LogP contribution is 2.41. The van der Waals surface area contributed by atoms with Gasteiger partial charge in [-0.25, -0.2) is 9.37 Å². The van der Waals surface area contributed by atoms with E-state index in [1.54, 1.807) is 30.5 Å². The molecule has 2 atom stereocenters. The zero-order chi connectivity index (χ0) is 25.8. The standard InChI is InChI=1S/C29H31FN2O4/c1-17(2)27-24(13-12-21(33)15-22(34)16-25(35)36)26(18-8-10-20(30)11-9-18)23-7-3-5-19-6-4-14-31-28(19)29(23)32-27/h4,6,8-14,17,21-22,33-34H,3,5,7,15-16H2,1-2H3,(H,35,36)/b13-12+/t21-,22-/m1/s1. The molecule has 188 valence electrons. The molecular formula is C29H31FN2O4. The summed E-state index contributed by atoms with van der Waals surface area (Å²) in [5.74, 6) is -1.41. The van der Waals surface area contributed by atoms with E-state index in [1.807, 2.05) is 19.9 Å². The van der Waals surface area contributed by atoms with Gasteiger partial charge in [0.25, 0.3) is 0 Å². The van der Waals surface area contributed by atoms with Gasteiger partial charge in [0.05, 0.1) is 35.7 Å². The van der Waals surface area contributed by atoms with Crippen LogP contribution in [0.25, 0.3) is 28.6 Å². The van der Waals surface area contributed by atoms with Gasteiger partial charge in [-0.3, -0.25) is 9.78 Å². The number of fused-ring (bicyclic) bond motifs is 3. The Morgan fingerprint density at radius 2 is 1.86 bits per heavy atom. The number of aliphatic hydroxyl groups is 2. The molecule has 2 heterocycles. The zero-order valence-corrected chi connectivity index (χ0v) is 20.5. The summed E-state index contributed by atoms with van der Waals surface area (Å²) >= 11 is 0. The number of aryl methyl sites for hydroxylation is 1. The molecule has 0 radical (unpaired) electrons. The molecule has 1 aromatic carbocycles. The second-order valence-corrected chi connectivity index (χ2v) is 9.55. The molecule has 2 aromatic heterocycles. The van der Waals surface area contributed by atoms with Gasteiger partial charge in [0, 0.05) is 18.2 Å². The number of hydrogen-bond acceptors (Lipinski definition) is 5. The fraction of sp³-hybridized carbons (Fsp3) is 0.345. The Balaban J connectivity index is 1.90. The highest BCUT2D eigenvalue weighted by atomic mass is 19.1. The van der Waals surface area contributed by atoms with E-state index in [0.29, 0.717) is 0 Å². The minimum absolute atomic E-state index is 0.0410. The maximum atomic E-state index is 13.8. The number of carboxylic acids is 1. The quantitative estimate of drug-likeness (QED) is 0.403. The van der Waals surface area contributed by atoms with E-state index in [-0.39, 0.29) is 18.2 Å². The normalized spacial score (nSPS) is 14.8. The number of rotatable bonds is 8. The van der Waals surface area contributed by atoms with Crippen molar-refractivity contribution in [3.8, 4) is 22.5 Å². The molecule has 6 nitrogen and oxygen atoms in total. The first-order valence-electron chi connectivity index (χ1n) is 12.3. The van der Waals surface area contributed by atoms with E-state index < -0.39 is 24.6 Å². The van der Waals surface area contributed by atoms with Crippen molar-refractivity contribution in [3.63, 3.8) is 0 Å². The van der Waals surface area contributed by atoms with Gasteiger partial charge in [0.1, 0.15) is 5.82 Å². The molecule has 0 unspecified atom stereocenters. The van der Waals surface area contributed by atoms with Crippen molar-refractivity contribution >= 4 is 12.0 Å². The third-order valence-electron chi connectivity index (χ3n) is 6.44. The maximum absolute atomic E-state index is 13.8. The topological polar surface area (TPSA) is 104 Å². The number of aliphatic carboxylic acids is 1. The van der Waals surface area contributed by atoms with Gasteiger partial charge in [0.2, 0.25) is 0 Å². The molecule has 3 aromatic rings. The average molecular weight is 491 g/mol. The van der Waals surface area contributed by atoms with Crippen LogP contribution in [0.1, 0.15) is 61.4 Å². The molecule has 0 saturated carbocycles. The van der Waals surface area contributed by atoms with Crippen LogP contribution in [0.4, 0.5) is 4.39 Å². The Labute approximate surface area is 210 Å². The van der Waals surface area contributed by atoms with Crippen LogP contribution in [-0.2, 0) is 17.6 Å². The first kappa shape index (κ1) is 25.7. The Morgan fingerprint density at radius 3 is 2.56 bits per heavy atom. The minimum Gasteiger partial charge on any atom is -0.481 e. The lowest BCUT2D eigenvalue weighted by Gasteiger charge is -2.22. The van der Waals surface area contributed by atoms with Crippen molar-refractivity contribution < 1.29 is 24.5 Å². The summed E-state index contributed by atoms with van der Waals surface area (Å²) in [5, 5.41) is 29.3. The Kier molecular flexibility index (Phi) is 7.91. The lowest BCUT2D eigenvalue weighted by molar-refractivity contribution is -0.139. The van der Waals surface area contributed by atoms with E-state index in [1.165, 1.54) is 12.1 Å². The SMILES string of the molecule is CC(C)c1nc2c(c(-c3ccc(F)cc3)c1/C=C/[C@@H](O)C[C@@H](O)CC(=O)O)CCCc1cccnc1-2. The Morgan fingerprint density at radius 1 is 1.11 bits per heavy atom. The Bertz CT molecular complexity index is 1270. The highest BCUT2D eigenvalue weighted by Gasteiger charge is 2.26. The fourth-order valence-corrected chi connectivity index (χ4v) is 4.81. The molecule has 36 heavy (non-hydrogen) atoms. The van der Waals surface area contributed by atoms with Crippen LogP contribution in [0.2, 0.25) is 0 Å². The van der Waals surface area contributed by atoms with Gasteiger partial charge in [-0.15, -0.1) is 0 Å². The van der Waals surface area contributed by atoms with Crippen LogP contribution < -0.4 is 0 Å². The average Bonchev–Trinajstić information content (AvgIpc) is 3.01. The predicted octanol–water partition coefficient (Wildman–Crippen LogP) is 5.16. The zero-order valence-electron chi connectivity index (χ0n) is 20.5. The molecule has 3 N–H and O–H groups in total. The van der Waals surface area contributed by atoms with Gasteiger partial charge in [-0.05, 0) is 65.6 Å². The van der Waals surface area contributed by atoms with Crippen molar-refractivity contribution in [2.24, 2.45) is 0 Å². The lowest BCUT2D eigenvalue weighted by Crippen LogP contribution is -2.19. The van der Waals surface area contributed by atoms with E-state index in [4.69, 9.17) is 10.1 Å². The number of carbonyl (C=O) groups is 1. The first-order chi connectivity index (χ1) is 17.2. The molecule has 4 rings (SSSR count). The van der Waals surface area contributed by atoms with Crippen molar-refractivity contribution in [2.45, 2.75) is 64.1 Å². The third-order valence-corrected chi connectivity index (χ3v) is 6.44. The van der Waals surface area contributed by atoms with Gasteiger partial charge in [0.15, 0.2) is 0 Å². The lowest BCUT2D eigenvalue weighted by atomic mass is 9.87. The second kappa shape index (κ2) is 11.1. The summed E-state index contributed by atoms with van der Waals surface area (Å²) in [7, 11) is 0. The molecule has 0 fully saturated rings. The molecule has 0 aliphatic heterocycles. The number of halogens is 1. The number of benzene rings is 1. The molecular weight excluding hydrogens is 459 g/mol. The van der Waals surface area contributed by atoms with Crippen molar-refractivity contribution in [1.29, 1.82) is 0 Å². The van der Waals surface area contributed by atoms with Crippen LogP contribution in [0.3, 0.4) is 0 Å². The number of aliphatic hydroxyl groups excluding tert-OH is 2. The molecule has 0 saturated heterocycles. The summed E-state index contributed by atoms with van der Waals surface area (Å²) in [6, 6.07) is 10.4. The van der Waals surface area contributed by atoms with Gasteiger partial charge >= 0.3 is 5.97 Å². The summed E-state index contributed by atoms with van der Waals surface area (Å²) in [6.45, 7) is 4.09. The van der Waals surface area contributed by atoms with Gasteiger partial charge in [-0.1, -0.05) is 44.2 Å². The molecule has 7 heteroatoms. The predicted molar refractivity (Wildman–Crippen MR) is 137 cm³/mol. The van der Waals surface area contributed by atoms with Crippen LogP contribution in [-0.4, -0.2) is 43.5 Å². The number of aromatic nitrogens is 2. The first-order valence-corrected chi connectivity index (χ1v) is 12.3. The largest absolute Gasteiger partial charge is 0.481 e. The molecule has 1 aliphatic carbocycles. The van der Waals surface area contributed by atoms with E-state index >= 15 is 0 Å². The summed E-state index contributed by atoms with van der Waals surface area (Å²) < 4.78 is 13.8. The van der Waals surface area contributed by atoms with Crippen molar-refractivity contribution in [1.82, 2.24) is 9.97 Å². The molecule has 1 aliphatic rings. The molecule has 0 bridgehead atoms. The molecule has 0 spiro atoms. The van der Waals surface area contributed by atoms with Gasteiger partial charge in [-0.2, -0.15) is 0 Å². The smallest absolute Gasteiger partial charge is 0.305 e. The summed E-state index contributed by atoms with van der Waals surface area (Å²) in [5.41, 5.74) is 7.29. The van der Waals surface area contributed by atoms with E-state index in [9.17, 15) is 19.4 Å². The minimum atomic E-state index is -1.16. The monoisotopic (exact) mass is 490 g/mol. The third kappa shape index (κ3) is 5.69. The number of hydrogen-bond donors (Lipinski definition) is 3. The van der Waals surface area contributed by atoms with Crippen LogP contribution in [0.5, 0.6) is 0 Å². The second-order valence-electron chi connectivity index (χ2n) is 9.55. The highest BCUT2D eigenvalue weighted by molar-refractivity contribution is 5.85. The van der Waals surface area contributed by atoms with Gasteiger partial charge < -0.3 is 15.3 Å².